The van der Waals surface area contributed by atoms with Crippen molar-refractivity contribution >= 4 is 65.6 Å². The van der Waals surface area contributed by atoms with E-state index in [-0.39, 0.29) is 0 Å². The first-order chi connectivity index (χ1) is 19.8. The third-order valence-corrected chi connectivity index (χ3v) is 8.35. The van der Waals surface area contributed by atoms with Crippen LogP contribution in [-0.4, -0.2) is 9.13 Å². The van der Waals surface area contributed by atoms with E-state index in [1.807, 2.05) is 0 Å². The molecule has 0 atom stereocenters. The van der Waals surface area contributed by atoms with Crippen LogP contribution >= 0.6 is 0 Å². The summed E-state index contributed by atoms with van der Waals surface area (Å²) in [6.07, 6.45) is 0. The van der Waals surface area contributed by atoms with Crippen LogP contribution in [0.25, 0.3) is 76.9 Å². The molecule has 0 spiro atoms. The number of para-hydroxylation sites is 3. The summed E-state index contributed by atoms with van der Waals surface area (Å²) in [5, 5.41) is 7.32. The molecule has 0 unspecified atom stereocenters. The number of aromatic nitrogens is 2. The Labute approximate surface area is 230 Å². The van der Waals surface area contributed by atoms with Crippen molar-refractivity contribution in [2.75, 3.05) is 0 Å². The van der Waals surface area contributed by atoms with Crippen molar-refractivity contribution in [1.82, 2.24) is 9.13 Å². The van der Waals surface area contributed by atoms with Crippen LogP contribution in [0, 0.1) is 6.92 Å². The zero-order valence-electron chi connectivity index (χ0n) is 21.9. The van der Waals surface area contributed by atoms with Crippen molar-refractivity contribution in [2.24, 2.45) is 0 Å². The molecule has 9 aromatic rings. The summed E-state index contributed by atoms with van der Waals surface area (Å²) in [6, 6.07) is 45.8. The molecule has 3 heterocycles. The number of fused-ring (bicyclic) bond motifs is 10. The molecule has 0 bridgehead atoms. The van der Waals surface area contributed by atoms with Crippen LogP contribution in [0.2, 0.25) is 0 Å². The maximum absolute atomic E-state index is 6.36. The minimum Gasteiger partial charge on any atom is -0.456 e. The average molecular weight is 513 g/mol. The Bertz CT molecular complexity index is 2400. The summed E-state index contributed by atoms with van der Waals surface area (Å²) in [4.78, 5) is 0. The standard InChI is InChI=1S/C37H24N2O/c1-23-17-19-34-30(21-23)36-35(40-34)20-18-29-28-13-4-7-16-33(28)39(37(29)36)25-10-8-9-24(22-25)38-31-14-5-2-11-26(31)27-12-3-6-15-32(27)38/h2-22H,1H3. The number of rotatable bonds is 2. The highest BCUT2D eigenvalue weighted by Gasteiger charge is 2.20. The molecule has 3 aromatic heterocycles. The van der Waals surface area contributed by atoms with E-state index in [1.165, 1.54) is 49.2 Å². The van der Waals surface area contributed by atoms with E-state index in [4.69, 9.17) is 4.42 Å². The SMILES string of the molecule is Cc1ccc2oc3ccc4c5ccccc5n(-c5cccc(-n6c7ccccc7c7ccccc76)c5)c4c3c2c1. The number of furan rings is 1. The molecule has 0 saturated carbocycles. The summed E-state index contributed by atoms with van der Waals surface area (Å²) < 4.78 is 11.2. The third kappa shape index (κ3) is 2.84. The quantitative estimate of drug-likeness (QED) is 0.226. The lowest BCUT2D eigenvalue weighted by Crippen LogP contribution is -1.98. The molecule has 3 heteroatoms. The molecule has 0 aliphatic heterocycles. The zero-order chi connectivity index (χ0) is 26.4. The van der Waals surface area contributed by atoms with Crippen LogP contribution < -0.4 is 0 Å². The third-order valence-electron chi connectivity index (χ3n) is 8.35. The van der Waals surface area contributed by atoms with E-state index in [0.717, 1.165) is 33.3 Å². The summed E-state index contributed by atoms with van der Waals surface area (Å²) in [7, 11) is 0. The number of benzene rings is 6. The van der Waals surface area contributed by atoms with Crippen molar-refractivity contribution in [3.05, 3.63) is 133 Å². The number of hydrogen-bond acceptors (Lipinski definition) is 1. The Morgan fingerprint density at radius 3 is 1.73 bits per heavy atom. The van der Waals surface area contributed by atoms with Gasteiger partial charge in [-0.25, -0.2) is 0 Å². The Morgan fingerprint density at radius 2 is 1.02 bits per heavy atom. The molecule has 3 nitrogen and oxygen atoms in total. The molecule has 188 valence electrons. The van der Waals surface area contributed by atoms with E-state index >= 15 is 0 Å². The van der Waals surface area contributed by atoms with Crippen LogP contribution in [0.3, 0.4) is 0 Å². The minimum atomic E-state index is 0.913. The number of nitrogens with zero attached hydrogens (tertiary/aromatic N) is 2. The van der Waals surface area contributed by atoms with Gasteiger partial charge in [0.25, 0.3) is 0 Å². The first-order valence-electron chi connectivity index (χ1n) is 13.7. The summed E-state index contributed by atoms with van der Waals surface area (Å²) in [5.41, 5.74) is 10.1. The normalized spacial score (nSPS) is 12.1. The summed E-state index contributed by atoms with van der Waals surface area (Å²) in [5.74, 6) is 0. The second-order valence-corrected chi connectivity index (χ2v) is 10.7. The second-order valence-electron chi connectivity index (χ2n) is 10.7. The van der Waals surface area contributed by atoms with E-state index in [2.05, 4.69) is 143 Å². The van der Waals surface area contributed by atoms with E-state index < -0.39 is 0 Å². The Hall–Kier alpha value is -5.28. The van der Waals surface area contributed by atoms with E-state index in [1.54, 1.807) is 0 Å². The fraction of sp³-hybridized carbons (Fsp3) is 0.0270. The van der Waals surface area contributed by atoms with E-state index in [0.29, 0.717) is 0 Å². The van der Waals surface area contributed by atoms with Gasteiger partial charge >= 0.3 is 0 Å². The lowest BCUT2D eigenvalue weighted by molar-refractivity contribution is 0.669. The van der Waals surface area contributed by atoms with Crippen molar-refractivity contribution in [3.63, 3.8) is 0 Å². The molecule has 0 aliphatic carbocycles. The molecule has 9 rings (SSSR count). The van der Waals surface area contributed by atoms with Crippen LogP contribution in [0.4, 0.5) is 0 Å². The first-order valence-corrected chi connectivity index (χ1v) is 13.7. The predicted octanol–water partition coefficient (Wildman–Crippen LogP) is 10.1. The Balaban J connectivity index is 1.42. The Morgan fingerprint density at radius 1 is 0.450 bits per heavy atom. The van der Waals surface area contributed by atoms with Gasteiger partial charge in [0.15, 0.2) is 0 Å². The van der Waals surface area contributed by atoms with Gasteiger partial charge in [0, 0.05) is 38.3 Å². The largest absolute Gasteiger partial charge is 0.456 e. The summed E-state index contributed by atoms with van der Waals surface area (Å²) in [6.45, 7) is 2.14. The maximum atomic E-state index is 6.36. The van der Waals surface area contributed by atoms with Crippen LogP contribution in [-0.2, 0) is 0 Å². The fourth-order valence-electron chi connectivity index (χ4n) is 6.67. The molecular weight excluding hydrogens is 488 g/mol. The van der Waals surface area contributed by atoms with Crippen LogP contribution in [0.15, 0.2) is 132 Å². The molecule has 0 fully saturated rings. The van der Waals surface area contributed by atoms with Crippen molar-refractivity contribution in [2.45, 2.75) is 6.92 Å². The van der Waals surface area contributed by atoms with Gasteiger partial charge in [-0.3, -0.25) is 0 Å². The predicted molar refractivity (Wildman–Crippen MR) is 167 cm³/mol. The smallest absolute Gasteiger partial charge is 0.137 e. The highest BCUT2D eigenvalue weighted by atomic mass is 16.3. The maximum Gasteiger partial charge on any atom is 0.137 e. The minimum absolute atomic E-state index is 0.913. The van der Waals surface area contributed by atoms with Crippen LogP contribution in [0.5, 0.6) is 0 Å². The van der Waals surface area contributed by atoms with Gasteiger partial charge in [-0.05, 0) is 67.6 Å². The topological polar surface area (TPSA) is 23.0 Å². The molecule has 0 saturated heterocycles. The Kier molecular flexibility index (Phi) is 4.26. The van der Waals surface area contributed by atoms with Gasteiger partial charge in [0.2, 0.25) is 0 Å². The molecule has 0 amide bonds. The molecular formula is C37H24N2O. The zero-order valence-corrected chi connectivity index (χ0v) is 21.9. The van der Waals surface area contributed by atoms with Crippen molar-refractivity contribution < 1.29 is 4.42 Å². The van der Waals surface area contributed by atoms with Gasteiger partial charge < -0.3 is 13.6 Å². The molecule has 0 radical (unpaired) electrons. The van der Waals surface area contributed by atoms with Crippen molar-refractivity contribution in [3.8, 4) is 11.4 Å². The molecule has 6 aromatic carbocycles. The van der Waals surface area contributed by atoms with Gasteiger partial charge in [-0.15, -0.1) is 0 Å². The molecule has 0 aliphatic rings. The van der Waals surface area contributed by atoms with E-state index in [9.17, 15) is 0 Å². The molecule has 0 N–H and O–H groups in total. The average Bonchev–Trinajstić information content (AvgIpc) is 3.64. The fourth-order valence-corrected chi connectivity index (χ4v) is 6.67. The van der Waals surface area contributed by atoms with Gasteiger partial charge in [0.1, 0.15) is 11.2 Å². The molecule has 40 heavy (non-hydrogen) atoms. The highest BCUT2D eigenvalue weighted by Crippen LogP contribution is 2.41. The second kappa shape index (κ2) is 7.87. The van der Waals surface area contributed by atoms with Gasteiger partial charge in [0.05, 0.1) is 27.5 Å². The summed E-state index contributed by atoms with van der Waals surface area (Å²) >= 11 is 0. The van der Waals surface area contributed by atoms with Gasteiger partial charge in [-0.1, -0.05) is 72.3 Å². The lowest BCUT2D eigenvalue weighted by Gasteiger charge is -2.13. The van der Waals surface area contributed by atoms with Gasteiger partial charge in [-0.2, -0.15) is 0 Å². The highest BCUT2D eigenvalue weighted by molar-refractivity contribution is 6.24. The number of hydrogen-bond donors (Lipinski definition) is 0. The van der Waals surface area contributed by atoms with Crippen LogP contribution in [0.1, 0.15) is 5.56 Å². The monoisotopic (exact) mass is 512 g/mol. The lowest BCUT2D eigenvalue weighted by atomic mass is 10.1. The van der Waals surface area contributed by atoms with Crippen molar-refractivity contribution in [1.29, 1.82) is 0 Å². The first kappa shape index (κ1) is 21.6. The number of aryl methyl sites for hydroxylation is 1.